The lowest BCUT2D eigenvalue weighted by Crippen LogP contribution is -2.61. The zero-order valence-corrected chi connectivity index (χ0v) is 35.4. The Bertz CT molecular complexity index is 1650. The summed E-state index contributed by atoms with van der Waals surface area (Å²) in [4.78, 5) is 49.7. The maximum absolute atomic E-state index is 14.0. The van der Waals surface area contributed by atoms with Gasteiger partial charge in [-0.2, -0.15) is 0 Å². The number of Topliss-reactive ketones (excluding diaryl/α,β-unsaturated/α-hetero) is 1. The maximum Gasteiger partial charge on any atom is 0.410 e. The number of ether oxygens (including phenoxy) is 5. The van der Waals surface area contributed by atoms with Crippen molar-refractivity contribution in [3.8, 4) is 11.4 Å². The lowest BCUT2D eigenvalue weighted by molar-refractivity contribution is -0.289. The molecular weight excluding hydrogens is 747 g/mol. The second-order valence-electron chi connectivity index (χ2n) is 16.9. The van der Waals surface area contributed by atoms with Crippen LogP contribution in [0.3, 0.4) is 0 Å². The van der Waals surface area contributed by atoms with Crippen molar-refractivity contribution in [3.05, 3.63) is 30.6 Å². The maximum atomic E-state index is 14.0. The van der Waals surface area contributed by atoms with Crippen LogP contribution in [0.15, 0.2) is 30.6 Å². The molecule has 0 radical (unpaired) electrons. The molecule has 3 aliphatic rings. The first kappa shape index (κ1) is 47.1. The molecule has 0 aromatic carbocycles. The number of aryl methyl sites for hydroxylation is 1. The summed E-state index contributed by atoms with van der Waals surface area (Å²) in [6.07, 6.45) is 1.85. The second-order valence-corrected chi connectivity index (χ2v) is 16.9. The predicted molar refractivity (Wildman–Crippen MR) is 218 cm³/mol. The van der Waals surface area contributed by atoms with Gasteiger partial charge in [-0.3, -0.25) is 24.2 Å². The Balaban J connectivity index is 0.00000744. The number of unbranched alkanes of at least 4 members (excludes halogenated alkanes) is 1. The van der Waals surface area contributed by atoms with Crippen LogP contribution in [0, 0.1) is 11.8 Å². The van der Waals surface area contributed by atoms with Crippen molar-refractivity contribution >= 4 is 17.8 Å². The average Bonchev–Trinajstić information content (AvgIpc) is 3.76. The fraction of sp³-hybridized carbons (Fsp3) is 0.762. The quantitative estimate of drug-likeness (QED) is 0.184. The van der Waals surface area contributed by atoms with Crippen molar-refractivity contribution in [2.24, 2.45) is 11.8 Å². The number of aliphatic hydroxyl groups excluding tert-OH is 1. The second kappa shape index (κ2) is 20.1. The number of hydrogen-bond acceptors (Lipinski definition) is 14. The molecule has 0 saturated carbocycles. The van der Waals surface area contributed by atoms with Gasteiger partial charge in [0.05, 0.1) is 35.7 Å². The highest BCUT2D eigenvalue weighted by Crippen LogP contribution is 2.39. The summed E-state index contributed by atoms with van der Waals surface area (Å²) in [5.74, 6) is -2.26. The summed E-state index contributed by atoms with van der Waals surface area (Å²) < 4.78 is 33.0. The third kappa shape index (κ3) is 10.6. The van der Waals surface area contributed by atoms with Gasteiger partial charge in [-0.15, -0.1) is 5.10 Å². The Kier molecular flexibility index (Phi) is 16.4. The van der Waals surface area contributed by atoms with E-state index in [1.165, 1.54) is 6.92 Å². The number of aromatic nitrogens is 4. The molecule has 3 fully saturated rings. The zero-order chi connectivity index (χ0) is 41.7. The van der Waals surface area contributed by atoms with E-state index >= 15 is 0 Å². The number of likely N-dealkylation sites (N-methyl/N-ethyl adjacent to an activating group) is 1. The van der Waals surface area contributed by atoms with E-state index in [-0.39, 0.29) is 38.0 Å². The summed E-state index contributed by atoms with van der Waals surface area (Å²) >= 11 is 0. The zero-order valence-electron chi connectivity index (χ0n) is 35.4. The van der Waals surface area contributed by atoms with E-state index in [2.05, 4.69) is 27.5 Å². The summed E-state index contributed by atoms with van der Waals surface area (Å²) in [6, 6.07) is 4.63. The number of rotatable bonds is 11. The normalized spacial score (nSPS) is 35.4. The number of hydrogen-bond donors (Lipinski definition) is 2. The molecule has 58 heavy (non-hydrogen) atoms. The number of carbonyl (C=O) groups is 3. The van der Waals surface area contributed by atoms with Gasteiger partial charge in [0.25, 0.3) is 0 Å². The molecule has 2 aromatic rings. The number of carbonyl (C=O) groups excluding carboxylic acids is 3. The third-order valence-electron chi connectivity index (χ3n) is 12.2. The van der Waals surface area contributed by atoms with Crippen LogP contribution < -0.4 is 5.32 Å². The monoisotopic (exact) mass is 816 g/mol. The first-order valence-corrected chi connectivity index (χ1v) is 20.5. The molecule has 1 amide bonds. The van der Waals surface area contributed by atoms with Crippen molar-refractivity contribution in [2.45, 2.75) is 161 Å². The van der Waals surface area contributed by atoms with Gasteiger partial charge < -0.3 is 39.0 Å². The lowest BCUT2D eigenvalue weighted by atomic mass is 9.83. The van der Waals surface area contributed by atoms with E-state index in [4.69, 9.17) is 23.7 Å². The smallest absolute Gasteiger partial charge is 0.410 e. The van der Waals surface area contributed by atoms with Crippen LogP contribution in [0.1, 0.15) is 94.4 Å². The van der Waals surface area contributed by atoms with Crippen LogP contribution in [-0.4, -0.2) is 147 Å². The largest absolute Gasteiger partial charge is 0.458 e. The van der Waals surface area contributed by atoms with Crippen molar-refractivity contribution in [3.63, 3.8) is 0 Å². The van der Waals surface area contributed by atoms with Crippen LogP contribution in [0.25, 0.3) is 11.4 Å². The minimum absolute atomic E-state index is 0. The van der Waals surface area contributed by atoms with Gasteiger partial charge in [-0.1, -0.05) is 32.6 Å². The molecule has 12 atom stereocenters. The number of pyridine rings is 1. The van der Waals surface area contributed by atoms with Gasteiger partial charge in [0.1, 0.15) is 29.6 Å². The standard InChI is InChI=1S/C41H65N7O9.CH4/c1-11-33-41(7)36(48(39(52)57-41)19-15-14-18-47-24-30(44-45-47)29-16-12-13-17-42-29)28(5)43-23-25(2)22-40(6,53-10)34(21-32(49)27(4)37(51)55-33)56-38-35(50)31(46(8)9)20-26(3)54-38;/h12-13,16-17,24-28,31,33-36,38,43,50H,11,14-15,18-23H2,1-10H3;1H4/t25-,26-,27-,28-,31?,33-,34-,35?,36-,38+,40-,41-;/m1./s1. The SMILES string of the molecule is C.CC[C@H]1OC(=O)[C@H](C)C(=O)C[C@@H](O[C@@H]2O[C@H](C)CC(N(C)C)C2O)[C@](C)(OC)C[C@@H](C)CN[C@H](C)[C@H]2N(CCCCn3cc(-c4ccccn4)nn3)C(=O)O[C@]12C. The highest BCUT2D eigenvalue weighted by Gasteiger charge is 2.58. The van der Waals surface area contributed by atoms with Gasteiger partial charge >= 0.3 is 12.1 Å². The number of cyclic esters (lactones) is 1. The number of amides is 1. The fourth-order valence-corrected chi connectivity index (χ4v) is 8.75. The van der Waals surface area contributed by atoms with E-state index < -0.39 is 65.6 Å². The summed E-state index contributed by atoms with van der Waals surface area (Å²) in [7, 11) is 5.38. The highest BCUT2D eigenvalue weighted by molar-refractivity contribution is 5.99. The number of aliphatic hydroxyl groups is 1. The number of nitrogens with zero attached hydrogens (tertiary/aromatic N) is 6. The third-order valence-corrected chi connectivity index (χ3v) is 12.2. The Hall–Kier alpha value is -3.54. The Morgan fingerprint density at radius 2 is 1.79 bits per heavy atom. The number of methoxy groups -OCH3 is 1. The van der Waals surface area contributed by atoms with Crippen LogP contribution in [-0.2, 0) is 39.8 Å². The summed E-state index contributed by atoms with van der Waals surface area (Å²) in [5, 5.41) is 23.5. The van der Waals surface area contributed by atoms with Gasteiger partial charge in [-0.25, -0.2) is 4.79 Å². The molecule has 2 N–H and O–H groups in total. The molecule has 2 aromatic heterocycles. The minimum atomic E-state index is -1.22. The topological polar surface area (TPSA) is 180 Å². The van der Waals surface area contributed by atoms with Crippen molar-refractivity contribution in [1.29, 1.82) is 0 Å². The summed E-state index contributed by atoms with van der Waals surface area (Å²) in [6.45, 7) is 14.7. The minimum Gasteiger partial charge on any atom is -0.458 e. The number of esters is 1. The summed E-state index contributed by atoms with van der Waals surface area (Å²) in [5.41, 5.74) is -0.795. The predicted octanol–water partition coefficient (Wildman–Crippen LogP) is 4.49. The van der Waals surface area contributed by atoms with Crippen LogP contribution in [0.2, 0.25) is 0 Å². The Labute approximate surface area is 344 Å². The van der Waals surface area contributed by atoms with E-state index in [1.807, 2.05) is 78.0 Å². The molecule has 3 saturated heterocycles. The van der Waals surface area contributed by atoms with Crippen LogP contribution in [0.5, 0.6) is 0 Å². The molecule has 16 nitrogen and oxygen atoms in total. The molecule has 326 valence electrons. The molecule has 5 heterocycles. The van der Waals surface area contributed by atoms with Crippen LogP contribution in [0.4, 0.5) is 4.79 Å². The number of fused-ring (bicyclic) bond motifs is 1. The van der Waals surface area contributed by atoms with Gasteiger partial charge in [0.2, 0.25) is 0 Å². The molecule has 16 heteroatoms. The molecule has 5 rings (SSSR count). The van der Waals surface area contributed by atoms with E-state index in [0.717, 1.165) is 12.1 Å². The first-order chi connectivity index (χ1) is 27.0. The molecule has 2 unspecified atom stereocenters. The Morgan fingerprint density at radius 1 is 1.07 bits per heavy atom. The molecular formula is C42H69N7O9. The fourth-order valence-electron chi connectivity index (χ4n) is 8.75. The molecule has 0 spiro atoms. The van der Waals surface area contributed by atoms with E-state index in [1.54, 1.807) is 22.9 Å². The highest BCUT2D eigenvalue weighted by atomic mass is 16.7. The van der Waals surface area contributed by atoms with Gasteiger partial charge in [-0.05, 0) is 105 Å². The number of ketones is 1. The van der Waals surface area contributed by atoms with Crippen molar-refractivity contribution in [1.82, 2.24) is 35.1 Å². The van der Waals surface area contributed by atoms with Gasteiger partial charge in [0.15, 0.2) is 11.9 Å². The van der Waals surface area contributed by atoms with Crippen LogP contribution >= 0.6 is 0 Å². The first-order valence-electron chi connectivity index (χ1n) is 20.5. The van der Waals surface area contributed by atoms with E-state index in [0.29, 0.717) is 51.0 Å². The number of nitrogens with one attached hydrogen (secondary N) is 1. The Morgan fingerprint density at radius 3 is 2.45 bits per heavy atom. The van der Waals surface area contributed by atoms with Crippen molar-refractivity contribution < 1.29 is 43.2 Å². The molecule has 0 bridgehead atoms. The van der Waals surface area contributed by atoms with Crippen molar-refractivity contribution in [2.75, 3.05) is 34.3 Å². The van der Waals surface area contributed by atoms with E-state index in [9.17, 15) is 19.5 Å². The van der Waals surface area contributed by atoms with Gasteiger partial charge in [0, 0.05) is 44.9 Å². The lowest BCUT2D eigenvalue weighted by Gasteiger charge is -2.45. The average molecular weight is 816 g/mol. The molecule has 0 aliphatic carbocycles. The molecule has 3 aliphatic heterocycles.